The topological polar surface area (TPSA) is 71.5 Å². The monoisotopic (exact) mass is 407 g/mol. The zero-order chi connectivity index (χ0) is 20.2. The molecule has 0 bridgehead atoms. The largest absolute Gasteiger partial charge is 0.497 e. The molecule has 1 aliphatic rings. The molecule has 1 aromatic heterocycles. The van der Waals surface area contributed by atoms with E-state index in [9.17, 15) is 9.59 Å². The summed E-state index contributed by atoms with van der Waals surface area (Å²) in [5.41, 5.74) is 3.03. The predicted molar refractivity (Wildman–Crippen MR) is 114 cm³/mol. The average Bonchev–Trinajstić information content (AvgIpc) is 3.27. The molecule has 2 aromatic carbocycles. The highest BCUT2D eigenvalue weighted by Crippen LogP contribution is 2.28. The number of anilines is 1. The maximum Gasteiger partial charge on any atom is 0.263 e. The molecule has 1 aliphatic heterocycles. The Hall–Kier alpha value is -3.19. The number of nitrogens with one attached hydrogen (secondary N) is 1. The van der Waals surface area contributed by atoms with Gasteiger partial charge in [0.2, 0.25) is 5.91 Å². The van der Waals surface area contributed by atoms with E-state index in [4.69, 9.17) is 4.74 Å². The molecule has 0 atom stereocenters. The van der Waals surface area contributed by atoms with Crippen LogP contribution in [0.25, 0.3) is 10.6 Å². The van der Waals surface area contributed by atoms with Crippen molar-refractivity contribution in [2.45, 2.75) is 12.8 Å². The van der Waals surface area contributed by atoms with Crippen molar-refractivity contribution < 1.29 is 14.3 Å². The molecule has 2 amide bonds. The van der Waals surface area contributed by atoms with E-state index in [0.717, 1.165) is 34.8 Å². The molecule has 0 unspecified atom stereocenters. The van der Waals surface area contributed by atoms with Gasteiger partial charge in [0.25, 0.3) is 5.91 Å². The first-order valence-corrected chi connectivity index (χ1v) is 10.2. The highest BCUT2D eigenvalue weighted by Gasteiger charge is 2.22. The van der Waals surface area contributed by atoms with Crippen LogP contribution in [0, 0.1) is 0 Å². The van der Waals surface area contributed by atoms with Crippen LogP contribution < -0.4 is 15.0 Å². The summed E-state index contributed by atoms with van der Waals surface area (Å²) in [5, 5.41) is 3.47. The van der Waals surface area contributed by atoms with E-state index in [1.807, 2.05) is 48.5 Å². The van der Waals surface area contributed by atoms with Crippen LogP contribution in [0.4, 0.5) is 5.69 Å². The van der Waals surface area contributed by atoms with E-state index in [1.165, 1.54) is 16.9 Å². The Kier molecular flexibility index (Phi) is 5.57. The number of hydrogen-bond donors (Lipinski definition) is 1. The smallest absolute Gasteiger partial charge is 0.263 e. The van der Waals surface area contributed by atoms with Gasteiger partial charge in [-0.3, -0.25) is 9.59 Å². The number of methoxy groups -OCH3 is 1. The third-order valence-electron chi connectivity index (χ3n) is 4.88. The summed E-state index contributed by atoms with van der Waals surface area (Å²) in [7, 11) is 1.62. The van der Waals surface area contributed by atoms with E-state index in [2.05, 4.69) is 10.3 Å². The van der Waals surface area contributed by atoms with E-state index >= 15 is 0 Å². The number of carbonyl (C=O) groups excluding carboxylic acids is 2. The molecular weight excluding hydrogens is 386 g/mol. The Morgan fingerprint density at radius 1 is 1.17 bits per heavy atom. The molecule has 0 aliphatic carbocycles. The minimum absolute atomic E-state index is 0.0388. The molecular formula is C22H21N3O3S. The minimum atomic E-state index is -0.291. The Bertz CT molecular complexity index is 1030. The van der Waals surface area contributed by atoms with Crippen molar-refractivity contribution >= 4 is 28.8 Å². The van der Waals surface area contributed by atoms with Crippen LogP contribution in [-0.4, -0.2) is 37.0 Å². The molecule has 148 valence electrons. The number of benzene rings is 2. The number of carbonyl (C=O) groups is 2. The highest BCUT2D eigenvalue weighted by atomic mass is 32.1. The van der Waals surface area contributed by atoms with Crippen molar-refractivity contribution in [1.82, 2.24) is 10.3 Å². The van der Waals surface area contributed by atoms with E-state index in [-0.39, 0.29) is 18.4 Å². The average molecular weight is 407 g/mol. The van der Waals surface area contributed by atoms with Gasteiger partial charge in [0.05, 0.1) is 19.9 Å². The first kappa shape index (κ1) is 19.1. The number of ether oxygens (including phenoxy) is 1. The quantitative estimate of drug-likeness (QED) is 0.702. The summed E-state index contributed by atoms with van der Waals surface area (Å²) in [6.45, 7) is 0.636. The molecule has 1 N–H and O–H groups in total. The third-order valence-corrected chi connectivity index (χ3v) is 5.92. The van der Waals surface area contributed by atoms with Crippen molar-refractivity contribution in [3.8, 4) is 16.3 Å². The summed E-state index contributed by atoms with van der Waals surface area (Å²) in [4.78, 5) is 31.7. The standard InChI is InChI=1S/C22H21N3O3S/c1-28-17-10-8-16(9-11-17)22-24-13-19(29-22)21(27)23-14-20(26)25-12-4-6-15-5-2-3-7-18(15)25/h2-3,5,7-11,13H,4,6,12,14H2,1H3,(H,23,27). The van der Waals surface area contributed by atoms with Crippen molar-refractivity contribution in [2.24, 2.45) is 0 Å². The zero-order valence-corrected chi connectivity index (χ0v) is 16.9. The van der Waals surface area contributed by atoms with E-state index < -0.39 is 0 Å². The second kappa shape index (κ2) is 8.45. The van der Waals surface area contributed by atoms with Crippen LogP contribution >= 0.6 is 11.3 Å². The first-order valence-electron chi connectivity index (χ1n) is 9.42. The van der Waals surface area contributed by atoms with Gasteiger partial charge in [-0.15, -0.1) is 11.3 Å². The van der Waals surface area contributed by atoms with Gasteiger partial charge in [-0.2, -0.15) is 0 Å². The maximum atomic E-state index is 12.7. The van der Waals surface area contributed by atoms with Crippen LogP contribution in [0.3, 0.4) is 0 Å². The van der Waals surface area contributed by atoms with Crippen LogP contribution in [0.15, 0.2) is 54.7 Å². The van der Waals surface area contributed by atoms with Crippen molar-refractivity contribution in [3.63, 3.8) is 0 Å². The molecule has 7 heteroatoms. The summed E-state index contributed by atoms with van der Waals surface area (Å²) < 4.78 is 5.16. The predicted octanol–water partition coefficient (Wildman–Crippen LogP) is 3.53. The van der Waals surface area contributed by atoms with E-state index in [0.29, 0.717) is 11.4 Å². The lowest BCUT2D eigenvalue weighted by Gasteiger charge is -2.29. The highest BCUT2D eigenvalue weighted by molar-refractivity contribution is 7.16. The Labute approximate surface area is 173 Å². The lowest BCUT2D eigenvalue weighted by atomic mass is 10.0. The van der Waals surface area contributed by atoms with Gasteiger partial charge >= 0.3 is 0 Å². The first-order chi connectivity index (χ1) is 14.2. The lowest BCUT2D eigenvalue weighted by Crippen LogP contribution is -2.42. The number of rotatable bonds is 5. The summed E-state index contributed by atoms with van der Waals surface area (Å²) in [6, 6.07) is 15.4. The molecule has 6 nitrogen and oxygen atoms in total. The van der Waals surface area contributed by atoms with Crippen molar-refractivity contribution in [3.05, 3.63) is 65.2 Å². The van der Waals surface area contributed by atoms with Gasteiger partial charge in [0.1, 0.15) is 15.6 Å². The lowest BCUT2D eigenvalue weighted by molar-refractivity contribution is -0.117. The number of amides is 2. The Morgan fingerprint density at radius 2 is 1.97 bits per heavy atom. The molecule has 0 saturated carbocycles. The number of fused-ring (bicyclic) bond motifs is 1. The maximum absolute atomic E-state index is 12.7. The molecule has 0 fully saturated rings. The fraction of sp³-hybridized carbons (Fsp3) is 0.227. The van der Waals surface area contributed by atoms with Crippen LogP contribution in [0.1, 0.15) is 21.7 Å². The normalized spacial score (nSPS) is 12.9. The summed E-state index contributed by atoms with van der Waals surface area (Å²) in [6.07, 6.45) is 3.44. The Balaban J connectivity index is 1.39. The van der Waals surface area contributed by atoms with Gasteiger partial charge in [0.15, 0.2) is 0 Å². The Morgan fingerprint density at radius 3 is 2.76 bits per heavy atom. The molecule has 4 rings (SSSR count). The molecule has 29 heavy (non-hydrogen) atoms. The van der Waals surface area contributed by atoms with Crippen LogP contribution in [0.2, 0.25) is 0 Å². The fourth-order valence-electron chi connectivity index (χ4n) is 3.38. The number of aromatic nitrogens is 1. The molecule has 0 radical (unpaired) electrons. The summed E-state index contributed by atoms with van der Waals surface area (Å²) >= 11 is 1.29. The molecule has 2 heterocycles. The van der Waals surface area contributed by atoms with Gasteiger partial charge in [-0.05, 0) is 48.7 Å². The van der Waals surface area contributed by atoms with Crippen LogP contribution in [-0.2, 0) is 11.2 Å². The van der Waals surface area contributed by atoms with Gasteiger partial charge in [-0.1, -0.05) is 18.2 Å². The van der Waals surface area contributed by atoms with Gasteiger partial charge in [0, 0.05) is 17.8 Å². The summed E-state index contributed by atoms with van der Waals surface area (Å²) in [5.74, 6) is 0.368. The van der Waals surface area contributed by atoms with Crippen LogP contribution in [0.5, 0.6) is 5.75 Å². The number of aryl methyl sites for hydroxylation is 1. The third kappa shape index (κ3) is 4.14. The van der Waals surface area contributed by atoms with Crippen molar-refractivity contribution in [2.75, 3.05) is 25.1 Å². The zero-order valence-electron chi connectivity index (χ0n) is 16.1. The number of nitrogens with zero attached hydrogens (tertiary/aromatic N) is 2. The molecule has 0 saturated heterocycles. The number of thiazole rings is 1. The SMILES string of the molecule is COc1ccc(-c2ncc(C(=O)NCC(=O)N3CCCc4ccccc43)s2)cc1. The second-order valence-electron chi connectivity index (χ2n) is 6.72. The van der Waals surface area contributed by atoms with E-state index in [1.54, 1.807) is 18.2 Å². The molecule has 0 spiro atoms. The number of para-hydroxylation sites is 1. The minimum Gasteiger partial charge on any atom is -0.497 e. The second-order valence-corrected chi connectivity index (χ2v) is 7.75. The number of hydrogen-bond acceptors (Lipinski definition) is 5. The molecule has 3 aromatic rings. The van der Waals surface area contributed by atoms with Crippen molar-refractivity contribution in [1.29, 1.82) is 0 Å². The van der Waals surface area contributed by atoms with Gasteiger partial charge in [-0.25, -0.2) is 4.98 Å². The van der Waals surface area contributed by atoms with Gasteiger partial charge < -0.3 is 15.0 Å². The fourth-order valence-corrected chi connectivity index (χ4v) is 4.22.